The number of sulfone groups is 1. The zero-order valence-corrected chi connectivity index (χ0v) is 15.3. The van der Waals surface area contributed by atoms with Crippen molar-refractivity contribution in [3.63, 3.8) is 0 Å². The van der Waals surface area contributed by atoms with Gasteiger partial charge in [-0.25, -0.2) is 18.2 Å². The van der Waals surface area contributed by atoms with Crippen LogP contribution in [0.3, 0.4) is 0 Å². The number of anilines is 1. The summed E-state index contributed by atoms with van der Waals surface area (Å²) in [7, 11) is -1.35. The highest BCUT2D eigenvalue weighted by molar-refractivity contribution is 7.92. The largest absolute Gasteiger partial charge is 0.447 e. The summed E-state index contributed by atoms with van der Waals surface area (Å²) < 4.78 is 30.5. The zero-order chi connectivity index (χ0) is 18.6. The number of oxazole rings is 1. The summed E-state index contributed by atoms with van der Waals surface area (Å²) in [6.07, 6.45) is 4.09. The van der Waals surface area contributed by atoms with E-state index in [-0.39, 0.29) is 11.8 Å². The molecule has 0 atom stereocenters. The van der Waals surface area contributed by atoms with Crippen LogP contribution in [0.4, 0.5) is 10.5 Å². The van der Waals surface area contributed by atoms with Crippen molar-refractivity contribution in [1.29, 1.82) is 0 Å². The number of nitrogens with zero attached hydrogens (tertiary/aromatic N) is 2. The van der Waals surface area contributed by atoms with Gasteiger partial charge in [-0.3, -0.25) is 0 Å². The number of carbonyl (C=O) groups excluding carboxylic acids is 1. The number of urea groups is 1. The number of likely N-dealkylation sites (tertiary alicyclic amines) is 1. The first kappa shape index (κ1) is 18.4. The summed E-state index contributed by atoms with van der Waals surface area (Å²) >= 11 is 0. The van der Waals surface area contributed by atoms with Crippen molar-refractivity contribution in [1.82, 2.24) is 15.2 Å². The van der Waals surface area contributed by atoms with Gasteiger partial charge in [0.2, 0.25) is 0 Å². The van der Waals surface area contributed by atoms with E-state index in [0.29, 0.717) is 29.2 Å². The summed E-state index contributed by atoms with van der Waals surface area (Å²) in [6.45, 7) is 1.79. The molecule has 2 aromatic rings. The Labute approximate surface area is 152 Å². The minimum absolute atomic E-state index is 0.217. The molecule has 8 nitrogen and oxygen atoms in total. The first-order valence-corrected chi connectivity index (χ1v) is 9.94. The van der Waals surface area contributed by atoms with E-state index in [1.165, 1.54) is 12.6 Å². The summed E-state index contributed by atoms with van der Waals surface area (Å²) in [4.78, 5) is 18.0. The maximum atomic E-state index is 12.7. The zero-order valence-electron chi connectivity index (χ0n) is 14.5. The highest BCUT2D eigenvalue weighted by Gasteiger charge is 2.30. The molecule has 2 heterocycles. The van der Waals surface area contributed by atoms with Gasteiger partial charge in [0.1, 0.15) is 5.76 Å². The third kappa shape index (κ3) is 4.41. The quantitative estimate of drug-likeness (QED) is 0.823. The van der Waals surface area contributed by atoms with Crippen LogP contribution in [0.2, 0.25) is 0 Å². The smallest absolute Gasteiger partial charge is 0.319 e. The number of rotatable bonds is 5. The van der Waals surface area contributed by atoms with Crippen molar-refractivity contribution >= 4 is 21.6 Å². The van der Waals surface area contributed by atoms with Crippen LogP contribution in [-0.2, 0) is 16.4 Å². The SMILES string of the molecule is CN1CCC(S(=O)(=O)c2ccc(NC(=O)NCc3cnco3)cc2)CC1. The number of hydrogen-bond donors (Lipinski definition) is 2. The number of piperidine rings is 1. The van der Waals surface area contributed by atoms with Crippen LogP contribution in [0.25, 0.3) is 0 Å². The third-order valence-corrected chi connectivity index (χ3v) is 6.73. The standard InChI is InChI=1S/C17H22N4O4S/c1-21-8-6-16(7-9-21)26(23,24)15-4-2-13(3-5-15)20-17(22)19-11-14-10-18-12-25-14/h2-5,10,12,16H,6-9,11H2,1H3,(H2,19,20,22). The Morgan fingerprint density at radius 1 is 1.27 bits per heavy atom. The molecule has 2 amide bonds. The number of hydrogen-bond acceptors (Lipinski definition) is 6. The van der Waals surface area contributed by atoms with Crippen LogP contribution < -0.4 is 10.6 Å². The lowest BCUT2D eigenvalue weighted by atomic mass is 10.1. The fourth-order valence-electron chi connectivity index (χ4n) is 2.89. The van der Waals surface area contributed by atoms with Gasteiger partial charge in [0.05, 0.1) is 22.9 Å². The molecule has 0 radical (unpaired) electrons. The van der Waals surface area contributed by atoms with E-state index < -0.39 is 15.9 Å². The monoisotopic (exact) mass is 378 g/mol. The second-order valence-electron chi connectivity index (χ2n) is 6.35. The molecule has 0 saturated carbocycles. The van der Waals surface area contributed by atoms with Crippen molar-refractivity contribution in [3.05, 3.63) is 42.6 Å². The minimum atomic E-state index is -3.34. The van der Waals surface area contributed by atoms with E-state index >= 15 is 0 Å². The molecule has 1 aliphatic rings. The van der Waals surface area contributed by atoms with Crippen molar-refractivity contribution < 1.29 is 17.6 Å². The molecular formula is C17H22N4O4S. The number of aromatic nitrogens is 1. The molecule has 0 spiro atoms. The first-order valence-electron chi connectivity index (χ1n) is 8.40. The minimum Gasteiger partial charge on any atom is -0.447 e. The van der Waals surface area contributed by atoms with E-state index in [0.717, 1.165) is 13.1 Å². The second-order valence-corrected chi connectivity index (χ2v) is 8.58. The third-order valence-electron chi connectivity index (χ3n) is 4.45. The van der Waals surface area contributed by atoms with Gasteiger partial charge in [-0.15, -0.1) is 0 Å². The molecular weight excluding hydrogens is 356 g/mol. The molecule has 1 aromatic heterocycles. The van der Waals surface area contributed by atoms with Gasteiger partial charge in [0.15, 0.2) is 16.2 Å². The van der Waals surface area contributed by atoms with Gasteiger partial charge in [-0.05, 0) is 57.2 Å². The Morgan fingerprint density at radius 3 is 2.58 bits per heavy atom. The fraction of sp³-hybridized carbons (Fsp3) is 0.412. The molecule has 2 N–H and O–H groups in total. The molecule has 1 fully saturated rings. The van der Waals surface area contributed by atoms with Crippen molar-refractivity contribution in [3.8, 4) is 0 Å². The van der Waals surface area contributed by atoms with Crippen LogP contribution in [0.1, 0.15) is 18.6 Å². The lowest BCUT2D eigenvalue weighted by molar-refractivity contribution is 0.251. The molecule has 140 valence electrons. The van der Waals surface area contributed by atoms with Gasteiger partial charge in [-0.1, -0.05) is 0 Å². The second kappa shape index (κ2) is 7.88. The maximum absolute atomic E-state index is 12.7. The maximum Gasteiger partial charge on any atom is 0.319 e. The summed E-state index contributed by atoms with van der Waals surface area (Å²) in [5, 5.41) is 4.94. The number of nitrogens with one attached hydrogen (secondary N) is 2. The number of amides is 2. The topological polar surface area (TPSA) is 105 Å². The normalized spacial score (nSPS) is 16.3. The number of carbonyl (C=O) groups is 1. The van der Waals surface area contributed by atoms with Gasteiger partial charge in [0, 0.05) is 5.69 Å². The van der Waals surface area contributed by atoms with Crippen LogP contribution in [0, 0.1) is 0 Å². The summed E-state index contributed by atoms with van der Waals surface area (Å²) in [5.41, 5.74) is 0.516. The average molecular weight is 378 g/mol. The molecule has 0 bridgehead atoms. The Bertz CT molecular complexity index is 826. The number of benzene rings is 1. The van der Waals surface area contributed by atoms with Crippen LogP contribution in [0.15, 0.2) is 46.2 Å². The van der Waals surface area contributed by atoms with Gasteiger partial charge < -0.3 is 20.0 Å². The Balaban J connectivity index is 1.58. The van der Waals surface area contributed by atoms with Gasteiger partial charge in [0.25, 0.3) is 0 Å². The highest BCUT2D eigenvalue weighted by atomic mass is 32.2. The summed E-state index contributed by atoms with van der Waals surface area (Å²) in [6, 6.07) is 5.86. The van der Waals surface area contributed by atoms with E-state index in [4.69, 9.17) is 4.42 Å². The fourth-order valence-corrected chi connectivity index (χ4v) is 4.62. The molecule has 3 rings (SSSR count). The van der Waals surface area contributed by atoms with Gasteiger partial charge >= 0.3 is 6.03 Å². The van der Waals surface area contributed by atoms with Crippen LogP contribution in [-0.4, -0.2) is 49.7 Å². The van der Waals surface area contributed by atoms with Crippen molar-refractivity contribution in [2.24, 2.45) is 0 Å². The van der Waals surface area contributed by atoms with E-state index in [1.807, 2.05) is 7.05 Å². The highest BCUT2D eigenvalue weighted by Crippen LogP contribution is 2.25. The molecule has 9 heteroatoms. The van der Waals surface area contributed by atoms with Gasteiger partial charge in [-0.2, -0.15) is 0 Å². The Hall–Kier alpha value is -2.39. The van der Waals surface area contributed by atoms with Crippen molar-refractivity contribution in [2.75, 3.05) is 25.5 Å². The molecule has 1 aromatic carbocycles. The average Bonchev–Trinajstić information content (AvgIpc) is 3.14. The first-order chi connectivity index (χ1) is 12.4. The molecule has 1 aliphatic heterocycles. The molecule has 1 saturated heterocycles. The molecule has 0 aliphatic carbocycles. The van der Waals surface area contributed by atoms with Crippen LogP contribution in [0.5, 0.6) is 0 Å². The lowest BCUT2D eigenvalue weighted by Gasteiger charge is -2.28. The van der Waals surface area contributed by atoms with Crippen molar-refractivity contribution in [2.45, 2.75) is 29.5 Å². The predicted octanol–water partition coefficient (Wildman–Crippen LogP) is 1.86. The summed E-state index contributed by atoms with van der Waals surface area (Å²) in [5.74, 6) is 0.541. The molecule has 0 unspecified atom stereocenters. The van der Waals surface area contributed by atoms with E-state index in [2.05, 4.69) is 20.5 Å². The Kier molecular flexibility index (Phi) is 5.58. The Morgan fingerprint density at radius 2 is 1.96 bits per heavy atom. The molecule has 26 heavy (non-hydrogen) atoms. The predicted molar refractivity (Wildman–Crippen MR) is 96.5 cm³/mol. The van der Waals surface area contributed by atoms with E-state index in [9.17, 15) is 13.2 Å². The van der Waals surface area contributed by atoms with Crippen LogP contribution >= 0.6 is 0 Å². The lowest BCUT2D eigenvalue weighted by Crippen LogP contribution is -2.37. The van der Waals surface area contributed by atoms with E-state index in [1.54, 1.807) is 24.3 Å².